The zero-order valence-corrected chi connectivity index (χ0v) is 15.5. The summed E-state index contributed by atoms with van der Waals surface area (Å²) in [5, 5.41) is 11.2. The van der Waals surface area contributed by atoms with Gasteiger partial charge in [0.25, 0.3) is 11.6 Å². The van der Waals surface area contributed by atoms with Crippen molar-refractivity contribution >= 4 is 17.6 Å². The molecule has 7 nitrogen and oxygen atoms in total. The quantitative estimate of drug-likeness (QED) is 0.423. The van der Waals surface area contributed by atoms with E-state index in [9.17, 15) is 19.7 Å². The van der Waals surface area contributed by atoms with Crippen LogP contribution in [0.2, 0.25) is 0 Å². The van der Waals surface area contributed by atoms with Crippen LogP contribution in [0.5, 0.6) is 0 Å². The molecule has 0 radical (unpaired) electrons. The number of nitrogens with zero attached hydrogens (tertiary/aromatic N) is 2. The molecule has 2 aromatic rings. The van der Waals surface area contributed by atoms with Crippen molar-refractivity contribution in [2.24, 2.45) is 0 Å². The number of benzene rings is 2. The topological polar surface area (TPSA) is 89.8 Å². The number of hydrogen-bond acceptors (Lipinski definition) is 5. The number of aryl methyl sites for hydroxylation is 1. The fourth-order valence-corrected chi connectivity index (χ4v) is 2.69. The molecule has 142 valence electrons. The standard InChI is InChI=1S/C20H22N2O5/c1-14(2)21(12-16-9-5-4-6-10-16)18(23)13-27-20(24)17-11-7-8-15(3)19(17)22(25)26/h4-11,14H,12-13H2,1-3H3. The first-order valence-corrected chi connectivity index (χ1v) is 8.55. The summed E-state index contributed by atoms with van der Waals surface area (Å²) in [6.07, 6.45) is 0. The Kier molecular flexibility index (Phi) is 6.65. The minimum Gasteiger partial charge on any atom is -0.452 e. The Morgan fingerprint density at radius 1 is 1.11 bits per heavy atom. The number of carbonyl (C=O) groups excluding carboxylic acids is 2. The summed E-state index contributed by atoms with van der Waals surface area (Å²) >= 11 is 0. The number of nitro groups is 1. The molecule has 0 bridgehead atoms. The van der Waals surface area contributed by atoms with Gasteiger partial charge in [0.1, 0.15) is 5.56 Å². The normalized spacial score (nSPS) is 10.5. The SMILES string of the molecule is Cc1cccc(C(=O)OCC(=O)N(Cc2ccccc2)C(C)C)c1[N+](=O)[O-]. The van der Waals surface area contributed by atoms with E-state index in [1.54, 1.807) is 17.9 Å². The molecule has 0 saturated heterocycles. The Bertz CT molecular complexity index is 834. The maximum Gasteiger partial charge on any atom is 0.345 e. The van der Waals surface area contributed by atoms with Gasteiger partial charge in [-0.1, -0.05) is 42.5 Å². The van der Waals surface area contributed by atoms with Crippen molar-refractivity contribution in [1.82, 2.24) is 4.90 Å². The summed E-state index contributed by atoms with van der Waals surface area (Å²) in [5.74, 6) is -1.25. The number of rotatable bonds is 7. The molecule has 1 amide bonds. The van der Waals surface area contributed by atoms with Crippen molar-refractivity contribution in [3.8, 4) is 0 Å². The molecule has 0 unspecified atom stereocenters. The molecular weight excluding hydrogens is 348 g/mol. The lowest BCUT2D eigenvalue weighted by molar-refractivity contribution is -0.385. The van der Waals surface area contributed by atoms with Crippen LogP contribution in [-0.2, 0) is 16.1 Å². The number of ether oxygens (including phenoxy) is 1. The Morgan fingerprint density at radius 3 is 2.37 bits per heavy atom. The van der Waals surface area contributed by atoms with Gasteiger partial charge in [0.15, 0.2) is 6.61 Å². The highest BCUT2D eigenvalue weighted by molar-refractivity contribution is 5.95. The third-order valence-electron chi connectivity index (χ3n) is 4.11. The van der Waals surface area contributed by atoms with E-state index in [1.165, 1.54) is 12.1 Å². The van der Waals surface area contributed by atoms with Gasteiger partial charge < -0.3 is 9.64 Å². The molecule has 0 heterocycles. The van der Waals surface area contributed by atoms with Crippen LogP contribution in [0.1, 0.15) is 35.3 Å². The van der Waals surface area contributed by atoms with E-state index in [4.69, 9.17) is 4.74 Å². The van der Waals surface area contributed by atoms with Crippen molar-refractivity contribution in [3.63, 3.8) is 0 Å². The maximum atomic E-state index is 12.5. The second kappa shape index (κ2) is 8.93. The fraction of sp³-hybridized carbons (Fsp3) is 0.300. The molecule has 0 fully saturated rings. The van der Waals surface area contributed by atoms with Gasteiger partial charge in [0.05, 0.1) is 4.92 Å². The maximum absolute atomic E-state index is 12.5. The number of nitro benzene ring substituents is 1. The summed E-state index contributed by atoms with van der Waals surface area (Å²) in [7, 11) is 0. The highest BCUT2D eigenvalue weighted by Crippen LogP contribution is 2.23. The Morgan fingerprint density at radius 2 is 1.78 bits per heavy atom. The summed E-state index contributed by atoms with van der Waals surface area (Å²) < 4.78 is 5.07. The zero-order valence-electron chi connectivity index (χ0n) is 15.5. The minimum absolute atomic E-state index is 0.0929. The molecule has 0 N–H and O–H groups in total. The van der Waals surface area contributed by atoms with Gasteiger partial charge in [0, 0.05) is 18.2 Å². The molecule has 0 spiro atoms. The molecule has 2 aromatic carbocycles. The molecule has 27 heavy (non-hydrogen) atoms. The molecule has 0 saturated carbocycles. The number of carbonyl (C=O) groups is 2. The molecule has 0 aliphatic carbocycles. The molecule has 7 heteroatoms. The second-order valence-electron chi connectivity index (χ2n) is 6.41. The monoisotopic (exact) mass is 370 g/mol. The van der Waals surface area contributed by atoms with Gasteiger partial charge in [-0.15, -0.1) is 0 Å². The Balaban J connectivity index is 2.08. The number of hydrogen-bond donors (Lipinski definition) is 0. The van der Waals surface area contributed by atoms with Crippen LogP contribution in [0.25, 0.3) is 0 Å². The van der Waals surface area contributed by atoms with Gasteiger partial charge in [-0.25, -0.2) is 4.79 Å². The van der Waals surface area contributed by atoms with Gasteiger partial charge in [0.2, 0.25) is 0 Å². The molecule has 0 atom stereocenters. The van der Waals surface area contributed by atoms with E-state index in [0.29, 0.717) is 12.1 Å². The molecule has 0 aliphatic heterocycles. The van der Waals surface area contributed by atoms with Crippen molar-refractivity contribution in [1.29, 1.82) is 0 Å². The van der Waals surface area contributed by atoms with Crippen LogP contribution in [-0.4, -0.2) is 34.3 Å². The van der Waals surface area contributed by atoms with Crippen molar-refractivity contribution in [2.45, 2.75) is 33.4 Å². The minimum atomic E-state index is -0.887. The summed E-state index contributed by atoms with van der Waals surface area (Å²) in [4.78, 5) is 37.0. The van der Waals surface area contributed by atoms with Crippen molar-refractivity contribution in [2.75, 3.05) is 6.61 Å². The lowest BCUT2D eigenvalue weighted by Crippen LogP contribution is -2.39. The lowest BCUT2D eigenvalue weighted by Gasteiger charge is -2.26. The number of para-hydroxylation sites is 1. The van der Waals surface area contributed by atoms with E-state index < -0.39 is 17.5 Å². The van der Waals surface area contributed by atoms with Crippen LogP contribution in [0.3, 0.4) is 0 Å². The molecular formula is C20H22N2O5. The van der Waals surface area contributed by atoms with Gasteiger partial charge in [-0.05, 0) is 32.4 Å². The Hall–Kier alpha value is -3.22. The van der Waals surface area contributed by atoms with Crippen LogP contribution in [0.15, 0.2) is 48.5 Å². The van der Waals surface area contributed by atoms with Gasteiger partial charge in [-0.3, -0.25) is 14.9 Å². The first kappa shape index (κ1) is 20.1. The molecule has 0 aliphatic rings. The highest BCUT2D eigenvalue weighted by atomic mass is 16.6. The van der Waals surface area contributed by atoms with Crippen LogP contribution >= 0.6 is 0 Å². The summed E-state index contributed by atoms with van der Waals surface area (Å²) in [6, 6.07) is 13.8. The van der Waals surface area contributed by atoms with Crippen LogP contribution in [0, 0.1) is 17.0 Å². The van der Waals surface area contributed by atoms with Gasteiger partial charge in [-0.2, -0.15) is 0 Å². The van der Waals surface area contributed by atoms with E-state index in [0.717, 1.165) is 5.56 Å². The Labute approximate surface area is 157 Å². The summed E-state index contributed by atoms with van der Waals surface area (Å²) in [6.45, 7) is 5.19. The highest BCUT2D eigenvalue weighted by Gasteiger charge is 2.25. The van der Waals surface area contributed by atoms with E-state index in [2.05, 4.69) is 0 Å². The predicted molar refractivity (Wildman–Crippen MR) is 100 cm³/mol. The predicted octanol–water partition coefficient (Wildman–Crippen LogP) is 3.50. The van der Waals surface area contributed by atoms with E-state index in [-0.39, 0.29) is 23.2 Å². The van der Waals surface area contributed by atoms with Crippen LogP contribution < -0.4 is 0 Å². The first-order valence-electron chi connectivity index (χ1n) is 8.55. The summed E-state index contributed by atoms with van der Waals surface area (Å²) in [5.41, 5.74) is 0.848. The third-order valence-corrected chi connectivity index (χ3v) is 4.11. The average Bonchev–Trinajstić information content (AvgIpc) is 2.64. The first-order chi connectivity index (χ1) is 12.8. The average molecular weight is 370 g/mol. The number of amides is 1. The fourth-order valence-electron chi connectivity index (χ4n) is 2.69. The molecule has 0 aromatic heterocycles. The smallest absolute Gasteiger partial charge is 0.345 e. The second-order valence-corrected chi connectivity index (χ2v) is 6.41. The zero-order chi connectivity index (χ0) is 20.0. The van der Waals surface area contributed by atoms with Crippen molar-refractivity contribution in [3.05, 3.63) is 75.3 Å². The lowest BCUT2D eigenvalue weighted by atomic mass is 10.1. The largest absolute Gasteiger partial charge is 0.452 e. The van der Waals surface area contributed by atoms with Gasteiger partial charge >= 0.3 is 5.97 Å². The van der Waals surface area contributed by atoms with E-state index in [1.807, 2.05) is 44.2 Å². The third kappa shape index (κ3) is 5.13. The molecule has 2 rings (SSSR count). The number of esters is 1. The van der Waals surface area contributed by atoms with E-state index >= 15 is 0 Å². The van der Waals surface area contributed by atoms with Crippen LogP contribution in [0.4, 0.5) is 5.69 Å². The van der Waals surface area contributed by atoms with Crippen molar-refractivity contribution < 1.29 is 19.2 Å².